The Balaban J connectivity index is 2.18. The first kappa shape index (κ1) is 14.1. The van der Waals surface area contributed by atoms with Gasteiger partial charge in [0.1, 0.15) is 0 Å². The minimum atomic E-state index is -0.109. The van der Waals surface area contributed by atoms with Gasteiger partial charge in [-0.15, -0.1) is 0 Å². The van der Waals surface area contributed by atoms with Crippen LogP contribution in [0.25, 0.3) is 6.08 Å². The lowest BCUT2D eigenvalue weighted by molar-refractivity contribution is 0.104. The van der Waals surface area contributed by atoms with E-state index in [0.717, 1.165) is 5.56 Å². The zero-order valence-electron chi connectivity index (χ0n) is 9.74. The van der Waals surface area contributed by atoms with Crippen LogP contribution >= 0.6 is 34.8 Å². The highest BCUT2D eigenvalue weighted by molar-refractivity contribution is 6.35. The van der Waals surface area contributed by atoms with Gasteiger partial charge in [-0.1, -0.05) is 40.9 Å². The fourth-order valence-electron chi connectivity index (χ4n) is 1.51. The van der Waals surface area contributed by atoms with Crippen LogP contribution in [0.3, 0.4) is 0 Å². The van der Waals surface area contributed by atoms with Crippen LogP contribution in [0.5, 0.6) is 0 Å². The van der Waals surface area contributed by atoms with Gasteiger partial charge in [0.05, 0.1) is 0 Å². The first-order valence-electron chi connectivity index (χ1n) is 5.49. The van der Waals surface area contributed by atoms with Gasteiger partial charge in [0, 0.05) is 20.6 Å². The number of carbonyl (C=O) groups excluding carboxylic acids is 1. The molecule has 0 unspecified atom stereocenters. The fourth-order valence-corrected chi connectivity index (χ4v) is 2.11. The number of benzene rings is 2. The van der Waals surface area contributed by atoms with Crippen LogP contribution in [0.2, 0.25) is 15.1 Å². The third-order valence-corrected chi connectivity index (χ3v) is 3.32. The Hall–Kier alpha value is -1.28. The molecule has 0 fully saturated rings. The molecule has 0 aliphatic carbocycles. The molecule has 1 nitrogen and oxygen atoms in total. The number of ketones is 1. The van der Waals surface area contributed by atoms with Crippen LogP contribution in [0.15, 0.2) is 48.5 Å². The van der Waals surface area contributed by atoms with E-state index in [1.54, 1.807) is 48.5 Å². The molecule has 19 heavy (non-hydrogen) atoms. The molecule has 0 aromatic heterocycles. The van der Waals surface area contributed by atoms with Gasteiger partial charge in [0.25, 0.3) is 0 Å². The van der Waals surface area contributed by atoms with Crippen molar-refractivity contribution in [2.45, 2.75) is 0 Å². The minimum absolute atomic E-state index is 0.109. The molecule has 0 N–H and O–H groups in total. The molecule has 2 aromatic carbocycles. The Morgan fingerprint density at radius 2 is 1.53 bits per heavy atom. The van der Waals surface area contributed by atoms with Crippen molar-refractivity contribution in [2.75, 3.05) is 0 Å². The van der Waals surface area contributed by atoms with Gasteiger partial charge in [0.15, 0.2) is 5.78 Å². The summed E-state index contributed by atoms with van der Waals surface area (Å²) in [4.78, 5) is 11.9. The molecule has 0 spiro atoms. The van der Waals surface area contributed by atoms with Crippen molar-refractivity contribution in [2.24, 2.45) is 0 Å². The number of carbonyl (C=O) groups is 1. The molecule has 2 rings (SSSR count). The van der Waals surface area contributed by atoms with Crippen molar-refractivity contribution in [3.63, 3.8) is 0 Å². The number of rotatable bonds is 3. The van der Waals surface area contributed by atoms with E-state index in [-0.39, 0.29) is 5.78 Å². The summed E-state index contributed by atoms with van der Waals surface area (Å²) in [7, 11) is 0. The Morgan fingerprint density at radius 3 is 2.16 bits per heavy atom. The zero-order valence-corrected chi connectivity index (χ0v) is 12.0. The first-order valence-corrected chi connectivity index (χ1v) is 6.63. The topological polar surface area (TPSA) is 17.1 Å². The number of allylic oxidation sites excluding steroid dienone is 1. The molecular formula is C15H9Cl3O. The number of halogens is 3. The lowest BCUT2D eigenvalue weighted by Crippen LogP contribution is -1.93. The third-order valence-electron chi connectivity index (χ3n) is 2.51. The van der Waals surface area contributed by atoms with Crippen LogP contribution in [0.4, 0.5) is 0 Å². The molecule has 2 aromatic rings. The van der Waals surface area contributed by atoms with Crippen LogP contribution in [0, 0.1) is 0 Å². The molecular weight excluding hydrogens is 303 g/mol. The summed E-state index contributed by atoms with van der Waals surface area (Å²) in [5.74, 6) is -0.109. The van der Waals surface area contributed by atoms with E-state index >= 15 is 0 Å². The monoisotopic (exact) mass is 310 g/mol. The highest BCUT2D eigenvalue weighted by atomic mass is 35.5. The Morgan fingerprint density at radius 1 is 0.895 bits per heavy atom. The summed E-state index contributed by atoms with van der Waals surface area (Å²) >= 11 is 17.6. The van der Waals surface area contributed by atoms with Gasteiger partial charge in [-0.25, -0.2) is 0 Å². The molecule has 0 aliphatic heterocycles. The van der Waals surface area contributed by atoms with Gasteiger partial charge in [0.2, 0.25) is 0 Å². The maximum atomic E-state index is 11.9. The normalized spacial score (nSPS) is 10.9. The Bertz CT molecular complexity index is 630. The van der Waals surface area contributed by atoms with E-state index in [9.17, 15) is 4.79 Å². The summed E-state index contributed by atoms with van der Waals surface area (Å²) in [6, 6.07) is 11.8. The summed E-state index contributed by atoms with van der Waals surface area (Å²) in [5.41, 5.74) is 1.32. The summed E-state index contributed by atoms with van der Waals surface area (Å²) in [6.45, 7) is 0. The second-order valence-corrected chi connectivity index (χ2v) is 5.15. The standard InChI is InChI=1S/C15H9Cl3O/c16-12-5-2-11(3-6-12)15(19)8-4-10-1-7-13(17)9-14(10)18/h1-9H. The van der Waals surface area contributed by atoms with Crippen molar-refractivity contribution < 1.29 is 4.79 Å². The average Bonchev–Trinajstić information content (AvgIpc) is 2.38. The van der Waals surface area contributed by atoms with Crippen LogP contribution in [-0.2, 0) is 0 Å². The highest BCUT2D eigenvalue weighted by Gasteiger charge is 2.02. The lowest BCUT2D eigenvalue weighted by atomic mass is 10.1. The Labute approximate surface area is 126 Å². The predicted molar refractivity (Wildman–Crippen MR) is 81.3 cm³/mol. The second-order valence-electron chi connectivity index (χ2n) is 3.87. The average molecular weight is 312 g/mol. The third kappa shape index (κ3) is 3.84. The van der Waals surface area contributed by atoms with E-state index in [1.165, 1.54) is 6.08 Å². The summed E-state index contributed by atoms with van der Waals surface area (Å²) in [5, 5.41) is 1.67. The minimum Gasteiger partial charge on any atom is -0.289 e. The van der Waals surface area contributed by atoms with Crippen LogP contribution in [-0.4, -0.2) is 5.78 Å². The predicted octanol–water partition coefficient (Wildman–Crippen LogP) is 5.54. The molecule has 0 saturated heterocycles. The molecule has 0 radical (unpaired) electrons. The smallest absolute Gasteiger partial charge is 0.185 e. The summed E-state index contributed by atoms with van der Waals surface area (Å²) < 4.78 is 0. The largest absolute Gasteiger partial charge is 0.289 e. The zero-order chi connectivity index (χ0) is 13.8. The molecule has 4 heteroatoms. The maximum absolute atomic E-state index is 11.9. The van der Waals surface area contributed by atoms with E-state index in [4.69, 9.17) is 34.8 Å². The number of hydrogen-bond donors (Lipinski definition) is 0. The van der Waals surface area contributed by atoms with Gasteiger partial charge < -0.3 is 0 Å². The fraction of sp³-hybridized carbons (Fsp3) is 0. The molecule has 96 valence electrons. The van der Waals surface area contributed by atoms with Crippen molar-refractivity contribution in [3.05, 3.63) is 74.7 Å². The highest BCUT2D eigenvalue weighted by Crippen LogP contribution is 2.22. The summed E-state index contributed by atoms with van der Waals surface area (Å²) in [6.07, 6.45) is 3.13. The Kier molecular flexibility index (Phi) is 4.65. The molecule has 0 aliphatic rings. The molecule has 0 atom stereocenters. The first-order chi connectivity index (χ1) is 9.06. The van der Waals surface area contributed by atoms with Crippen molar-refractivity contribution >= 4 is 46.7 Å². The van der Waals surface area contributed by atoms with Gasteiger partial charge >= 0.3 is 0 Å². The van der Waals surface area contributed by atoms with E-state index in [1.807, 2.05) is 0 Å². The van der Waals surface area contributed by atoms with Crippen molar-refractivity contribution in [1.82, 2.24) is 0 Å². The van der Waals surface area contributed by atoms with Gasteiger partial charge in [-0.2, -0.15) is 0 Å². The lowest BCUT2D eigenvalue weighted by Gasteiger charge is -1.99. The molecule has 0 amide bonds. The quantitative estimate of drug-likeness (QED) is 0.537. The maximum Gasteiger partial charge on any atom is 0.185 e. The van der Waals surface area contributed by atoms with E-state index in [2.05, 4.69) is 0 Å². The van der Waals surface area contributed by atoms with Crippen molar-refractivity contribution in [1.29, 1.82) is 0 Å². The van der Waals surface area contributed by atoms with Gasteiger partial charge in [-0.3, -0.25) is 4.79 Å². The second kappa shape index (κ2) is 6.25. The van der Waals surface area contributed by atoms with Crippen molar-refractivity contribution in [3.8, 4) is 0 Å². The molecule has 0 heterocycles. The van der Waals surface area contributed by atoms with Gasteiger partial charge in [-0.05, 0) is 54.1 Å². The SMILES string of the molecule is O=C(C=Cc1ccc(Cl)cc1Cl)c1ccc(Cl)cc1. The molecule has 0 saturated carbocycles. The van der Waals surface area contributed by atoms with E-state index < -0.39 is 0 Å². The molecule has 0 bridgehead atoms. The van der Waals surface area contributed by atoms with Crippen LogP contribution < -0.4 is 0 Å². The number of hydrogen-bond acceptors (Lipinski definition) is 1. The van der Waals surface area contributed by atoms with E-state index in [0.29, 0.717) is 20.6 Å². The van der Waals surface area contributed by atoms with Crippen LogP contribution in [0.1, 0.15) is 15.9 Å².